The first kappa shape index (κ1) is 17.8. The first-order chi connectivity index (χ1) is 11.0. The van der Waals surface area contributed by atoms with Crippen LogP contribution in [0.3, 0.4) is 0 Å². The molecule has 6 heteroatoms. The van der Waals surface area contributed by atoms with Gasteiger partial charge >= 0.3 is 0 Å². The molecular formula is C17H26N2O4. The van der Waals surface area contributed by atoms with Gasteiger partial charge in [-0.05, 0) is 24.3 Å². The van der Waals surface area contributed by atoms with Crippen molar-refractivity contribution in [1.29, 1.82) is 0 Å². The third-order valence-electron chi connectivity index (χ3n) is 4.63. The lowest BCUT2D eigenvalue weighted by Crippen LogP contribution is -2.41. The number of hydrogen-bond donors (Lipinski definition) is 2. The molecule has 1 aromatic carbocycles. The summed E-state index contributed by atoms with van der Waals surface area (Å²) in [7, 11) is 0. The molecule has 1 aliphatic rings. The van der Waals surface area contributed by atoms with Gasteiger partial charge in [0, 0.05) is 43.3 Å². The maximum absolute atomic E-state index is 11.2. The van der Waals surface area contributed by atoms with E-state index in [1.54, 1.807) is 6.07 Å². The van der Waals surface area contributed by atoms with E-state index in [0.29, 0.717) is 26.3 Å². The third kappa shape index (κ3) is 4.50. The Morgan fingerprint density at radius 1 is 1.39 bits per heavy atom. The highest BCUT2D eigenvalue weighted by molar-refractivity contribution is 5.45. The lowest BCUT2D eigenvalue weighted by Gasteiger charge is -2.35. The molecule has 23 heavy (non-hydrogen) atoms. The Kier molecular flexibility index (Phi) is 6.10. The highest BCUT2D eigenvalue weighted by Crippen LogP contribution is 2.30. The van der Waals surface area contributed by atoms with E-state index in [1.165, 1.54) is 0 Å². The summed E-state index contributed by atoms with van der Waals surface area (Å²) in [5, 5.41) is 24.2. The van der Waals surface area contributed by atoms with E-state index in [-0.39, 0.29) is 28.6 Å². The average molecular weight is 322 g/mol. The zero-order valence-corrected chi connectivity index (χ0v) is 13.9. The maximum Gasteiger partial charge on any atom is 0.273 e. The molecule has 0 bridgehead atoms. The van der Waals surface area contributed by atoms with Gasteiger partial charge in [-0.25, -0.2) is 0 Å². The molecular weight excluding hydrogens is 296 g/mol. The van der Waals surface area contributed by atoms with Crippen molar-refractivity contribution in [2.75, 3.05) is 26.4 Å². The largest absolute Gasteiger partial charge is 0.396 e. The standard InChI is InChI=1S/C17H26N2O4/c1-13(2)15-4-3-14(9-16(15)19(21)22)10-18-11-17(12-20)5-7-23-8-6-17/h3-4,9,13,18,20H,5-8,10-12H2,1-2H3. The molecule has 128 valence electrons. The number of benzene rings is 1. The summed E-state index contributed by atoms with van der Waals surface area (Å²) in [6.07, 6.45) is 1.67. The van der Waals surface area contributed by atoms with Gasteiger partial charge in [-0.1, -0.05) is 26.0 Å². The van der Waals surface area contributed by atoms with Crippen molar-refractivity contribution < 1.29 is 14.8 Å². The summed E-state index contributed by atoms with van der Waals surface area (Å²) in [5.74, 6) is 0.123. The highest BCUT2D eigenvalue weighted by atomic mass is 16.6. The first-order valence-electron chi connectivity index (χ1n) is 8.14. The predicted octanol–water partition coefficient (Wildman–Crippen LogP) is 2.60. The number of nitrogens with one attached hydrogen (secondary N) is 1. The molecule has 1 saturated heterocycles. The summed E-state index contributed by atoms with van der Waals surface area (Å²) in [4.78, 5) is 10.9. The van der Waals surface area contributed by atoms with Crippen LogP contribution in [0.15, 0.2) is 18.2 Å². The Bertz CT molecular complexity index is 539. The van der Waals surface area contributed by atoms with E-state index in [9.17, 15) is 15.2 Å². The van der Waals surface area contributed by atoms with Crippen LogP contribution in [-0.2, 0) is 11.3 Å². The van der Waals surface area contributed by atoms with E-state index in [0.717, 1.165) is 24.0 Å². The monoisotopic (exact) mass is 322 g/mol. The van der Waals surface area contributed by atoms with Gasteiger partial charge in [0.25, 0.3) is 5.69 Å². The van der Waals surface area contributed by atoms with Gasteiger partial charge < -0.3 is 15.2 Å². The second kappa shape index (κ2) is 7.86. The molecule has 0 spiro atoms. The van der Waals surface area contributed by atoms with Crippen LogP contribution in [0.4, 0.5) is 5.69 Å². The third-order valence-corrected chi connectivity index (χ3v) is 4.63. The Morgan fingerprint density at radius 2 is 2.09 bits per heavy atom. The van der Waals surface area contributed by atoms with E-state index >= 15 is 0 Å². The number of ether oxygens (including phenoxy) is 1. The van der Waals surface area contributed by atoms with Gasteiger partial charge in [0.15, 0.2) is 0 Å². The fourth-order valence-corrected chi connectivity index (χ4v) is 3.01. The highest BCUT2D eigenvalue weighted by Gasteiger charge is 2.31. The maximum atomic E-state index is 11.2. The molecule has 1 aliphatic heterocycles. The summed E-state index contributed by atoms with van der Waals surface area (Å²) in [5.41, 5.74) is 1.70. The molecule has 0 aromatic heterocycles. The molecule has 2 rings (SSSR count). The first-order valence-corrected chi connectivity index (χ1v) is 8.14. The minimum absolute atomic E-state index is 0.123. The smallest absolute Gasteiger partial charge is 0.273 e. The minimum atomic E-state index is -0.313. The Balaban J connectivity index is 2.00. The quantitative estimate of drug-likeness (QED) is 0.595. The molecule has 1 fully saturated rings. The number of nitro benzene ring substituents is 1. The lowest BCUT2D eigenvalue weighted by molar-refractivity contribution is -0.385. The van der Waals surface area contributed by atoms with E-state index in [4.69, 9.17) is 4.74 Å². The SMILES string of the molecule is CC(C)c1ccc(CNCC2(CO)CCOCC2)cc1[N+](=O)[O-]. The normalized spacial score (nSPS) is 17.4. The van der Waals surface area contributed by atoms with Gasteiger partial charge in [0.1, 0.15) is 0 Å². The van der Waals surface area contributed by atoms with Crippen LogP contribution >= 0.6 is 0 Å². The molecule has 1 heterocycles. The van der Waals surface area contributed by atoms with Crippen molar-refractivity contribution >= 4 is 5.69 Å². The van der Waals surface area contributed by atoms with Gasteiger partial charge in [-0.15, -0.1) is 0 Å². The summed E-state index contributed by atoms with van der Waals surface area (Å²) < 4.78 is 5.35. The summed E-state index contributed by atoms with van der Waals surface area (Å²) >= 11 is 0. The number of rotatable bonds is 7. The predicted molar refractivity (Wildman–Crippen MR) is 88.5 cm³/mol. The van der Waals surface area contributed by atoms with Crippen LogP contribution in [0.1, 0.15) is 43.7 Å². The van der Waals surface area contributed by atoms with Crippen molar-refractivity contribution in [2.24, 2.45) is 5.41 Å². The molecule has 0 saturated carbocycles. The van der Waals surface area contributed by atoms with Crippen molar-refractivity contribution in [2.45, 2.75) is 39.2 Å². The zero-order valence-electron chi connectivity index (χ0n) is 13.9. The Hall–Kier alpha value is -1.50. The molecule has 6 nitrogen and oxygen atoms in total. The van der Waals surface area contributed by atoms with Crippen LogP contribution in [0, 0.1) is 15.5 Å². The molecule has 0 amide bonds. The number of aliphatic hydroxyl groups is 1. The minimum Gasteiger partial charge on any atom is -0.396 e. The van der Waals surface area contributed by atoms with Gasteiger partial charge in [-0.2, -0.15) is 0 Å². The molecule has 1 aromatic rings. The van der Waals surface area contributed by atoms with Crippen LogP contribution in [0.5, 0.6) is 0 Å². The second-order valence-corrected chi connectivity index (χ2v) is 6.68. The van der Waals surface area contributed by atoms with Crippen LogP contribution in [0.25, 0.3) is 0 Å². The lowest BCUT2D eigenvalue weighted by atomic mass is 9.81. The molecule has 0 unspecified atom stereocenters. The van der Waals surface area contributed by atoms with Crippen LogP contribution < -0.4 is 5.32 Å². The average Bonchev–Trinajstić information content (AvgIpc) is 2.55. The molecule has 2 N–H and O–H groups in total. The molecule has 0 atom stereocenters. The Labute approximate surface area is 137 Å². The number of nitro groups is 1. The number of aliphatic hydroxyl groups excluding tert-OH is 1. The van der Waals surface area contributed by atoms with Crippen LogP contribution in [0.2, 0.25) is 0 Å². The van der Waals surface area contributed by atoms with Crippen molar-refractivity contribution in [3.63, 3.8) is 0 Å². The fourth-order valence-electron chi connectivity index (χ4n) is 3.01. The summed E-state index contributed by atoms with van der Waals surface area (Å²) in [6, 6.07) is 5.43. The topological polar surface area (TPSA) is 84.6 Å². The number of hydrogen-bond acceptors (Lipinski definition) is 5. The molecule has 0 aliphatic carbocycles. The van der Waals surface area contributed by atoms with Crippen LogP contribution in [-0.4, -0.2) is 36.4 Å². The summed E-state index contributed by atoms with van der Waals surface area (Å²) in [6.45, 7) is 6.64. The van der Waals surface area contributed by atoms with Crippen molar-refractivity contribution in [3.05, 3.63) is 39.4 Å². The Morgan fingerprint density at radius 3 is 2.65 bits per heavy atom. The number of nitrogens with zero attached hydrogens (tertiary/aromatic N) is 1. The van der Waals surface area contributed by atoms with Gasteiger partial charge in [0.2, 0.25) is 0 Å². The second-order valence-electron chi connectivity index (χ2n) is 6.68. The van der Waals surface area contributed by atoms with E-state index in [1.807, 2.05) is 26.0 Å². The van der Waals surface area contributed by atoms with Crippen molar-refractivity contribution in [3.8, 4) is 0 Å². The van der Waals surface area contributed by atoms with E-state index in [2.05, 4.69) is 5.32 Å². The zero-order chi connectivity index (χ0) is 16.9. The van der Waals surface area contributed by atoms with Gasteiger partial charge in [0.05, 0.1) is 11.5 Å². The van der Waals surface area contributed by atoms with E-state index < -0.39 is 0 Å². The fraction of sp³-hybridized carbons (Fsp3) is 0.647. The van der Waals surface area contributed by atoms with Crippen molar-refractivity contribution in [1.82, 2.24) is 5.32 Å². The molecule has 0 radical (unpaired) electrons. The van der Waals surface area contributed by atoms with Gasteiger partial charge in [-0.3, -0.25) is 10.1 Å².